The quantitative estimate of drug-likeness (QED) is 0.0500. The van der Waals surface area contributed by atoms with Crippen LogP contribution in [0.5, 0.6) is 0 Å². The van der Waals surface area contributed by atoms with Crippen LogP contribution in [0.4, 0.5) is 11.6 Å². The van der Waals surface area contributed by atoms with Crippen molar-refractivity contribution in [2.45, 2.75) is 296 Å². The summed E-state index contributed by atoms with van der Waals surface area (Å²) in [4.78, 5) is 56.6. The second kappa shape index (κ2) is 38.4. The number of hydrogen-bond donors (Lipinski definition) is 3. The summed E-state index contributed by atoms with van der Waals surface area (Å²) < 4.78 is 74.0. The molecule has 0 radical (unpaired) electrons. The Hall–Kier alpha value is -3.37. The first-order chi connectivity index (χ1) is 44.3. The standard InChI is InChI=1S/C27H46N4O8Si2.C23H41N3O7Si2.C10H24Si.C5H9NOS/c1-17(2)40(18(3)4)36-15-22-24(38-41(39-40,19(5)6)20(7)8)25(35-16-34-14-10-12-28)26(37-22)31-13-11-23(29-21(9)32)30-27(31)33;1-13(2)34(14(3)4)30-12-18-21(32-35(33-34,15(5)6)16(7)8)20(28)22(31-18)26-11-10-19(24-17(9)27)25-23(26)29;1-8(2)11(7,9(3)4)10(5)6;1-8-5-7-4-2-3-6/h11,13,17-20,22,24-26H,10,14-16H2,1-9H3,(H,29,30,32,33);10-11,13-16,18,20-22,28H,12H2,1-9H3,(H,24,25,27,29);8-10H,1-7H3;2,4-5H2,1H3/t22?,24-,25?,26?;18?,20?,21-,22?;;/m00../s1. The second-order valence-corrected chi connectivity index (χ2v) is 53.4. The van der Waals surface area contributed by atoms with Crippen LogP contribution in [0.2, 0.25) is 67.5 Å². The van der Waals surface area contributed by atoms with Gasteiger partial charge in [-0.1, -0.05) is 175 Å². The fourth-order valence-electron chi connectivity index (χ4n) is 13.2. The van der Waals surface area contributed by atoms with Crippen LogP contribution in [0.25, 0.3) is 0 Å². The van der Waals surface area contributed by atoms with E-state index >= 15 is 0 Å². The summed E-state index contributed by atoms with van der Waals surface area (Å²) in [5.74, 6) is 0.312. The number of carbonyl (C=O) groups excluding carboxylic acids is 2. The third-order valence-electron chi connectivity index (χ3n) is 19.1. The van der Waals surface area contributed by atoms with E-state index in [1.165, 1.54) is 47.5 Å². The molecule has 4 fully saturated rings. The van der Waals surface area contributed by atoms with Gasteiger partial charge in [0.25, 0.3) is 0 Å². The van der Waals surface area contributed by atoms with Gasteiger partial charge in [0.05, 0.1) is 65.4 Å². The van der Waals surface area contributed by atoms with Crippen LogP contribution in [-0.2, 0) is 59.2 Å². The summed E-state index contributed by atoms with van der Waals surface area (Å²) in [5.41, 5.74) is 2.56. The number of nitriles is 2. The number of ether oxygens (including phenoxy) is 5. The van der Waals surface area contributed by atoms with Crippen molar-refractivity contribution < 1.29 is 64.3 Å². The maximum atomic E-state index is 13.2. The molecule has 0 spiro atoms. The van der Waals surface area contributed by atoms with Gasteiger partial charge in [-0.2, -0.15) is 20.5 Å². The molecule has 4 saturated heterocycles. The molecule has 2 aromatic rings. The predicted octanol–water partition coefficient (Wildman–Crippen LogP) is 13.3. The highest BCUT2D eigenvalue weighted by Crippen LogP contribution is 2.51. The highest BCUT2D eigenvalue weighted by atomic mass is 32.2. The third-order valence-corrected chi connectivity index (χ3v) is 47.4. The first-order valence-corrected chi connectivity index (χ1v) is 46.1. The van der Waals surface area contributed by atoms with Crippen LogP contribution >= 0.6 is 11.8 Å². The van der Waals surface area contributed by atoms with E-state index in [9.17, 15) is 24.3 Å². The Labute approximate surface area is 577 Å². The first-order valence-electron chi connectivity index (χ1n) is 34.0. The molecule has 3 N–H and O–H groups in total. The first kappa shape index (κ1) is 85.9. The molecule has 6 heterocycles. The van der Waals surface area contributed by atoms with Crippen LogP contribution in [0.15, 0.2) is 34.1 Å². The lowest BCUT2D eigenvalue weighted by molar-refractivity contribution is -0.138. The molecular formula is C65H120N8O16SSi5. The van der Waals surface area contributed by atoms with Crippen molar-refractivity contribution in [2.75, 3.05) is 56.0 Å². The number of thioether (sulfide) groups is 1. The summed E-state index contributed by atoms with van der Waals surface area (Å²) in [6.07, 6.45) is -0.601. The molecule has 6 rings (SSSR count). The fourth-order valence-corrected chi connectivity index (χ4v) is 39.9. The Morgan fingerprint density at radius 2 is 0.968 bits per heavy atom. The minimum atomic E-state index is -3.00. The molecule has 0 aromatic carbocycles. The zero-order valence-corrected chi connectivity index (χ0v) is 67.9. The van der Waals surface area contributed by atoms with E-state index in [0.29, 0.717) is 19.0 Å². The Morgan fingerprint density at radius 1 is 0.611 bits per heavy atom. The average Bonchev–Trinajstić information content (AvgIpc) is 1.72. The van der Waals surface area contributed by atoms with Gasteiger partial charge in [-0.05, 0) is 62.7 Å². The van der Waals surface area contributed by atoms with Crippen molar-refractivity contribution in [1.29, 1.82) is 10.5 Å². The monoisotopic (exact) mass is 1440 g/mol. The maximum absolute atomic E-state index is 13.2. The minimum Gasteiger partial charge on any atom is -0.414 e. The Bertz CT molecular complexity index is 2850. The number of nitrogens with zero attached hydrogens (tertiary/aromatic N) is 6. The zero-order valence-electron chi connectivity index (χ0n) is 62.1. The van der Waals surface area contributed by atoms with Crippen LogP contribution in [0.3, 0.4) is 0 Å². The number of aliphatic hydroxyl groups is 1. The normalized spacial score (nSPS) is 23.8. The summed E-state index contributed by atoms with van der Waals surface area (Å²) in [6, 6.07) is 7.06. The van der Waals surface area contributed by atoms with E-state index in [0.717, 1.165) is 16.6 Å². The molecule has 24 nitrogen and oxygen atoms in total. The van der Waals surface area contributed by atoms with Crippen molar-refractivity contribution in [2.24, 2.45) is 0 Å². The molecule has 0 saturated carbocycles. The fraction of sp³-hybridized carbons (Fsp3) is 0.815. The van der Waals surface area contributed by atoms with Gasteiger partial charge in [-0.25, -0.2) is 9.59 Å². The smallest absolute Gasteiger partial charge is 0.351 e. The number of carbonyl (C=O) groups is 2. The van der Waals surface area contributed by atoms with E-state index in [4.69, 9.17) is 60.1 Å². The van der Waals surface area contributed by atoms with Crippen molar-refractivity contribution in [3.8, 4) is 12.1 Å². The molecule has 4 aliphatic heterocycles. The molecule has 0 aliphatic carbocycles. The molecule has 542 valence electrons. The Morgan fingerprint density at radius 3 is 1.31 bits per heavy atom. The largest absolute Gasteiger partial charge is 0.414 e. The maximum Gasteiger partial charge on any atom is 0.351 e. The number of nitrogens with one attached hydrogen (secondary N) is 2. The molecule has 6 unspecified atom stereocenters. The van der Waals surface area contributed by atoms with Crippen LogP contribution < -0.4 is 22.0 Å². The van der Waals surface area contributed by atoms with Crippen molar-refractivity contribution in [1.82, 2.24) is 19.1 Å². The summed E-state index contributed by atoms with van der Waals surface area (Å²) in [7, 11) is -12.5. The van der Waals surface area contributed by atoms with E-state index in [-0.39, 0.29) is 101 Å². The summed E-state index contributed by atoms with van der Waals surface area (Å²) in [6.45, 7) is 54.8. The van der Waals surface area contributed by atoms with Crippen LogP contribution in [-0.4, -0.2) is 160 Å². The molecular weight excluding hydrogens is 1320 g/mol. The van der Waals surface area contributed by atoms with E-state index < -0.39 is 103 Å². The van der Waals surface area contributed by atoms with Gasteiger partial charge >= 0.3 is 45.6 Å². The zero-order chi connectivity index (χ0) is 72.3. The predicted molar refractivity (Wildman–Crippen MR) is 384 cm³/mol. The van der Waals surface area contributed by atoms with Crippen molar-refractivity contribution >= 4 is 77.5 Å². The second-order valence-electron chi connectivity index (χ2n) is 28.7. The third kappa shape index (κ3) is 21.3. The molecule has 4 aliphatic rings. The summed E-state index contributed by atoms with van der Waals surface area (Å²) in [5, 5.41) is 33.3. The highest BCUT2D eigenvalue weighted by Gasteiger charge is 2.64. The average molecular weight is 1440 g/mol. The SMILES string of the molecule is CC(=O)Nc1ccn(C2OC3CO[Si](C(C)C)(C(C)C)O[Si](C(C)C)(C(C)C)O[C@@H]3C2O)c(=O)n1.CC(=O)Nc1ccn(C2OC3CO[Si](C(C)C)(C(C)C)O[Si](C(C)C)(C(C)C)O[C@@H]3C2OCOCCC#N)c(=O)n1.CC(C)[Si](C)(C(C)C)C(C)C.CSCOCCC#N. The Balaban J connectivity index is 0.000000391. The molecule has 2 aromatic heterocycles. The van der Waals surface area contributed by atoms with E-state index in [1.807, 2.05) is 18.4 Å². The van der Waals surface area contributed by atoms with Gasteiger partial charge in [0.2, 0.25) is 11.8 Å². The van der Waals surface area contributed by atoms with E-state index in [2.05, 4.69) is 179 Å². The molecule has 30 heteroatoms. The number of aliphatic hydroxyl groups excluding tert-OH is 1. The van der Waals surface area contributed by atoms with Gasteiger partial charge in [0.1, 0.15) is 55.1 Å². The lowest BCUT2D eigenvalue weighted by Gasteiger charge is -2.51. The number of hydrogen-bond acceptors (Lipinski definition) is 21. The Kier molecular flexibility index (Phi) is 34.7. The molecule has 2 amide bonds. The van der Waals surface area contributed by atoms with Crippen LogP contribution in [0, 0.1) is 22.7 Å². The number of aromatic nitrogens is 4. The lowest BCUT2D eigenvalue weighted by atomic mass is 10.1. The molecule has 95 heavy (non-hydrogen) atoms. The number of fused-ring (bicyclic) bond motifs is 2. The van der Waals surface area contributed by atoms with E-state index in [1.54, 1.807) is 11.8 Å². The van der Waals surface area contributed by atoms with Gasteiger partial charge in [-0.3, -0.25) is 18.7 Å². The topological polar surface area (TPSA) is 297 Å². The van der Waals surface area contributed by atoms with Gasteiger partial charge in [0, 0.05) is 26.2 Å². The minimum absolute atomic E-state index is 0.0853. The van der Waals surface area contributed by atoms with Gasteiger partial charge in [0.15, 0.2) is 12.5 Å². The van der Waals surface area contributed by atoms with Gasteiger partial charge in [-0.15, -0.1) is 11.8 Å². The molecule has 0 bridgehead atoms. The van der Waals surface area contributed by atoms with Crippen LogP contribution in [0.1, 0.15) is 191 Å². The lowest BCUT2D eigenvalue weighted by Crippen LogP contribution is -2.66. The molecule has 8 atom stereocenters. The van der Waals surface area contributed by atoms with Crippen molar-refractivity contribution in [3.63, 3.8) is 0 Å². The number of anilines is 2. The van der Waals surface area contributed by atoms with Gasteiger partial charge < -0.3 is 65.4 Å². The van der Waals surface area contributed by atoms with Crippen molar-refractivity contribution in [3.05, 3.63) is 45.5 Å². The highest BCUT2D eigenvalue weighted by molar-refractivity contribution is 7.98. The number of amides is 2. The number of rotatable bonds is 24. The summed E-state index contributed by atoms with van der Waals surface area (Å²) >= 11 is 1.62.